The molecule has 0 fully saturated rings. The first-order valence-electron chi connectivity index (χ1n) is 6.67. The van der Waals surface area contributed by atoms with Gasteiger partial charge in [-0.2, -0.15) is 0 Å². The molecule has 0 saturated heterocycles. The molecule has 24 heavy (non-hydrogen) atoms. The molecule has 0 unspecified atom stereocenters. The summed E-state index contributed by atoms with van der Waals surface area (Å²) in [5, 5.41) is 4.29. The third kappa shape index (κ3) is 5.06. The normalized spacial score (nSPS) is 10.0. The summed E-state index contributed by atoms with van der Waals surface area (Å²) in [7, 11) is 0. The van der Waals surface area contributed by atoms with Crippen LogP contribution in [-0.2, 0) is 14.3 Å². The number of anilines is 1. The molecular weight excluding hydrogens is 339 g/mol. The molecule has 0 aliphatic rings. The first-order chi connectivity index (χ1) is 11.5. The minimum absolute atomic E-state index is 0.168. The van der Waals surface area contributed by atoms with Crippen molar-refractivity contribution in [3.63, 3.8) is 0 Å². The molecule has 0 spiro atoms. The monoisotopic (exact) mass is 352 g/mol. The lowest BCUT2D eigenvalue weighted by Gasteiger charge is -2.07. The van der Waals surface area contributed by atoms with Crippen LogP contribution in [0.15, 0.2) is 35.7 Å². The second-order valence-electron chi connectivity index (χ2n) is 4.48. The lowest BCUT2D eigenvalue weighted by molar-refractivity contribution is -0.149. The van der Waals surface area contributed by atoms with Crippen molar-refractivity contribution in [2.24, 2.45) is 5.73 Å². The Kier molecular flexibility index (Phi) is 5.85. The fourth-order valence-corrected chi connectivity index (χ4v) is 2.46. The zero-order chi connectivity index (χ0) is 17.5. The third-order valence-corrected chi connectivity index (χ3v) is 3.53. The molecular formula is C15H13FN2O5S. The van der Waals surface area contributed by atoms with Gasteiger partial charge in [0, 0.05) is 6.07 Å². The largest absolute Gasteiger partial charge is 0.482 e. The van der Waals surface area contributed by atoms with Crippen molar-refractivity contribution in [1.82, 2.24) is 0 Å². The predicted octanol–water partition coefficient (Wildman–Crippen LogP) is 1.55. The molecule has 0 aliphatic carbocycles. The number of hydrogen-bond acceptors (Lipinski definition) is 6. The number of halogens is 1. The summed E-state index contributed by atoms with van der Waals surface area (Å²) in [6.45, 7) is -1.02. The van der Waals surface area contributed by atoms with Crippen LogP contribution in [0.4, 0.5) is 9.39 Å². The number of hydrogen-bond donors (Lipinski definition) is 2. The number of thiophene rings is 1. The van der Waals surface area contributed by atoms with Gasteiger partial charge in [-0.15, -0.1) is 11.3 Å². The number of nitrogens with one attached hydrogen (secondary N) is 1. The summed E-state index contributed by atoms with van der Waals surface area (Å²) in [5.41, 5.74) is 5.33. The Morgan fingerprint density at radius 1 is 1.21 bits per heavy atom. The molecule has 0 bridgehead atoms. The Morgan fingerprint density at radius 2 is 2.00 bits per heavy atom. The highest BCUT2D eigenvalue weighted by molar-refractivity contribution is 7.14. The maximum absolute atomic E-state index is 12.9. The predicted molar refractivity (Wildman–Crippen MR) is 84.3 cm³/mol. The maximum Gasteiger partial charge on any atom is 0.344 e. The van der Waals surface area contributed by atoms with Gasteiger partial charge in [0.15, 0.2) is 13.2 Å². The lowest BCUT2D eigenvalue weighted by atomic mass is 10.3. The van der Waals surface area contributed by atoms with Crippen LogP contribution >= 0.6 is 11.3 Å². The Balaban J connectivity index is 1.76. The Morgan fingerprint density at radius 3 is 2.71 bits per heavy atom. The van der Waals surface area contributed by atoms with Gasteiger partial charge in [-0.25, -0.2) is 9.18 Å². The average Bonchev–Trinajstić information content (AvgIpc) is 2.99. The van der Waals surface area contributed by atoms with E-state index in [9.17, 15) is 18.8 Å². The SMILES string of the molecule is NC(=O)c1ccsc1NC(=O)COC(=O)COc1cccc(F)c1. The molecule has 1 heterocycles. The molecule has 0 aliphatic heterocycles. The number of carbonyl (C=O) groups is 3. The summed E-state index contributed by atoms with van der Waals surface area (Å²) < 4.78 is 22.7. The Hall–Kier alpha value is -2.94. The molecule has 1 aromatic carbocycles. The molecule has 0 saturated carbocycles. The minimum Gasteiger partial charge on any atom is -0.482 e. The van der Waals surface area contributed by atoms with Gasteiger partial charge in [0.05, 0.1) is 5.56 Å². The minimum atomic E-state index is -0.796. The number of rotatable bonds is 7. The average molecular weight is 352 g/mol. The van der Waals surface area contributed by atoms with E-state index in [1.54, 1.807) is 5.38 Å². The summed E-state index contributed by atoms with van der Waals surface area (Å²) in [4.78, 5) is 34.3. The summed E-state index contributed by atoms with van der Waals surface area (Å²) >= 11 is 1.12. The number of esters is 1. The summed E-state index contributed by atoms with van der Waals surface area (Å²) in [6, 6.07) is 6.73. The van der Waals surface area contributed by atoms with Crippen molar-refractivity contribution < 1.29 is 28.2 Å². The highest BCUT2D eigenvalue weighted by Crippen LogP contribution is 2.22. The highest BCUT2D eigenvalue weighted by atomic mass is 32.1. The summed E-state index contributed by atoms with van der Waals surface area (Å²) in [6.07, 6.45) is 0. The molecule has 3 N–H and O–H groups in total. The summed E-state index contributed by atoms with van der Waals surface area (Å²) in [5.74, 6) is -2.43. The van der Waals surface area contributed by atoms with Gasteiger partial charge in [0.1, 0.15) is 16.6 Å². The van der Waals surface area contributed by atoms with Gasteiger partial charge in [0.25, 0.3) is 11.8 Å². The van der Waals surface area contributed by atoms with Crippen molar-refractivity contribution in [1.29, 1.82) is 0 Å². The number of benzene rings is 1. The number of amides is 2. The van der Waals surface area contributed by atoms with E-state index in [4.69, 9.17) is 15.2 Å². The first kappa shape index (κ1) is 17.4. The first-order valence-corrected chi connectivity index (χ1v) is 7.55. The Bertz CT molecular complexity index is 762. The van der Waals surface area contributed by atoms with Gasteiger partial charge < -0.3 is 20.5 Å². The molecule has 2 amide bonds. The van der Waals surface area contributed by atoms with Gasteiger partial charge >= 0.3 is 5.97 Å². The molecule has 0 atom stereocenters. The second-order valence-corrected chi connectivity index (χ2v) is 5.40. The molecule has 0 radical (unpaired) electrons. The molecule has 1 aromatic heterocycles. The van der Waals surface area contributed by atoms with Crippen LogP contribution in [0, 0.1) is 5.82 Å². The molecule has 2 rings (SSSR count). The lowest BCUT2D eigenvalue weighted by Crippen LogP contribution is -2.24. The zero-order valence-corrected chi connectivity index (χ0v) is 13.1. The molecule has 126 valence electrons. The van der Waals surface area contributed by atoms with Crippen LogP contribution < -0.4 is 15.8 Å². The molecule has 7 nitrogen and oxygen atoms in total. The standard InChI is InChI=1S/C15H13FN2O5S/c16-9-2-1-3-10(6-9)22-8-13(20)23-7-12(19)18-15-11(14(17)21)4-5-24-15/h1-6H,7-8H2,(H2,17,21)(H,18,19). The van der Waals surface area contributed by atoms with Crippen LogP contribution in [0.5, 0.6) is 5.75 Å². The number of nitrogens with two attached hydrogens (primary N) is 1. The number of ether oxygens (including phenoxy) is 2. The van der Waals surface area contributed by atoms with E-state index in [2.05, 4.69) is 5.32 Å². The van der Waals surface area contributed by atoms with E-state index >= 15 is 0 Å². The van der Waals surface area contributed by atoms with Crippen molar-refractivity contribution in [3.8, 4) is 5.75 Å². The number of primary amides is 1. The van der Waals surface area contributed by atoms with Crippen molar-refractivity contribution in [3.05, 3.63) is 47.1 Å². The van der Waals surface area contributed by atoms with E-state index in [0.717, 1.165) is 17.4 Å². The zero-order valence-electron chi connectivity index (χ0n) is 12.3. The third-order valence-electron chi connectivity index (χ3n) is 2.70. The number of carbonyl (C=O) groups excluding carboxylic acids is 3. The quantitative estimate of drug-likeness (QED) is 0.735. The van der Waals surface area contributed by atoms with Crippen molar-refractivity contribution in [2.45, 2.75) is 0 Å². The van der Waals surface area contributed by atoms with E-state index in [-0.39, 0.29) is 16.3 Å². The van der Waals surface area contributed by atoms with Crippen LogP contribution in [0.2, 0.25) is 0 Å². The van der Waals surface area contributed by atoms with Crippen LogP contribution in [0.1, 0.15) is 10.4 Å². The van der Waals surface area contributed by atoms with E-state index in [1.165, 1.54) is 24.3 Å². The van der Waals surface area contributed by atoms with E-state index in [1.807, 2.05) is 0 Å². The fraction of sp³-hybridized carbons (Fsp3) is 0.133. The molecule has 9 heteroatoms. The van der Waals surface area contributed by atoms with Crippen molar-refractivity contribution in [2.75, 3.05) is 18.5 Å². The fourth-order valence-electron chi connectivity index (χ4n) is 1.65. The topological polar surface area (TPSA) is 108 Å². The second kappa shape index (κ2) is 8.06. The van der Waals surface area contributed by atoms with Gasteiger partial charge in [-0.3, -0.25) is 9.59 Å². The van der Waals surface area contributed by atoms with Crippen LogP contribution in [0.3, 0.4) is 0 Å². The van der Waals surface area contributed by atoms with E-state index < -0.39 is 36.8 Å². The van der Waals surface area contributed by atoms with Gasteiger partial charge in [0.2, 0.25) is 0 Å². The van der Waals surface area contributed by atoms with Crippen LogP contribution in [0.25, 0.3) is 0 Å². The van der Waals surface area contributed by atoms with Crippen LogP contribution in [-0.4, -0.2) is 31.0 Å². The van der Waals surface area contributed by atoms with Gasteiger partial charge in [-0.1, -0.05) is 6.07 Å². The van der Waals surface area contributed by atoms with Gasteiger partial charge in [-0.05, 0) is 23.6 Å². The Labute approximate surface area is 140 Å². The maximum atomic E-state index is 12.9. The highest BCUT2D eigenvalue weighted by Gasteiger charge is 2.14. The van der Waals surface area contributed by atoms with E-state index in [0.29, 0.717) is 0 Å². The van der Waals surface area contributed by atoms with Crippen molar-refractivity contribution >= 4 is 34.1 Å². The molecule has 2 aromatic rings. The smallest absolute Gasteiger partial charge is 0.344 e.